The molecular weight excluding hydrogens is 273 g/mol. The predicted octanol–water partition coefficient (Wildman–Crippen LogP) is 2.28. The Morgan fingerprint density at radius 2 is 1.95 bits per heavy atom. The van der Waals surface area contributed by atoms with Crippen molar-refractivity contribution in [2.75, 3.05) is 19.6 Å². The van der Waals surface area contributed by atoms with Gasteiger partial charge < -0.3 is 10.4 Å². The average Bonchev–Trinajstić information content (AvgIpc) is 2.69. The van der Waals surface area contributed by atoms with Crippen LogP contribution in [0.15, 0.2) is 30.3 Å². The zero-order valence-electron chi connectivity index (χ0n) is 10.6. The summed E-state index contributed by atoms with van der Waals surface area (Å²) in [7, 11) is 0. The molecule has 2 N–H and O–H groups in total. The minimum Gasteiger partial charge on any atom is -0.465 e. The molecule has 0 bridgehead atoms. The van der Waals surface area contributed by atoms with E-state index in [1.54, 1.807) is 24.3 Å². The van der Waals surface area contributed by atoms with E-state index in [4.69, 9.17) is 5.11 Å². The van der Waals surface area contributed by atoms with E-state index < -0.39 is 24.9 Å². The van der Waals surface area contributed by atoms with Gasteiger partial charge in [-0.2, -0.15) is 13.2 Å². The third-order valence-corrected chi connectivity index (χ3v) is 3.33. The Balaban J connectivity index is 2.13. The van der Waals surface area contributed by atoms with E-state index in [-0.39, 0.29) is 19.0 Å². The quantitative estimate of drug-likeness (QED) is 0.897. The van der Waals surface area contributed by atoms with Gasteiger partial charge in [0.2, 0.25) is 0 Å². The number of nitrogens with one attached hydrogen (secondary N) is 1. The molecule has 0 radical (unpaired) electrons. The predicted molar refractivity (Wildman–Crippen MR) is 66.6 cm³/mol. The Morgan fingerprint density at radius 3 is 2.50 bits per heavy atom. The van der Waals surface area contributed by atoms with Crippen molar-refractivity contribution < 1.29 is 23.1 Å². The van der Waals surface area contributed by atoms with Crippen LogP contribution < -0.4 is 5.32 Å². The molecule has 2 atom stereocenters. The molecule has 20 heavy (non-hydrogen) atoms. The molecule has 0 saturated carbocycles. The van der Waals surface area contributed by atoms with Crippen LogP contribution >= 0.6 is 0 Å². The molecule has 4 nitrogen and oxygen atoms in total. The van der Waals surface area contributed by atoms with Crippen LogP contribution in [0, 0.1) is 0 Å². The number of likely N-dealkylation sites (tertiary alicyclic amines) is 1. The van der Waals surface area contributed by atoms with Gasteiger partial charge >= 0.3 is 12.3 Å². The zero-order valence-corrected chi connectivity index (χ0v) is 10.6. The average molecular weight is 288 g/mol. The second-order valence-electron chi connectivity index (χ2n) is 4.88. The molecule has 1 aromatic rings. The number of nitrogens with zero attached hydrogens (tertiary/aromatic N) is 1. The summed E-state index contributed by atoms with van der Waals surface area (Å²) in [5, 5.41) is 11.1. The molecule has 0 aliphatic carbocycles. The summed E-state index contributed by atoms with van der Waals surface area (Å²) in [6.07, 6.45) is -5.50. The second-order valence-corrected chi connectivity index (χ2v) is 4.88. The lowest BCUT2D eigenvalue weighted by Gasteiger charge is -2.18. The molecule has 1 amide bonds. The fraction of sp³-hybridized carbons (Fsp3) is 0.462. The molecule has 0 aromatic heterocycles. The molecule has 0 unspecified atom stereocenters. The summed E-state index contributed by atoms with van der Waals surface area (Å²) in [6.45, 7) is -0.770. The van der Waals surface area contributed by atoms with Crippen molar-refractivity contribution in [3.8, 4) is 0 Å². The van der Waals surface area contributed by atoms with Crippen LogP contribution in [0.25, 0.3) is 0 Å². The second kappa shape index (κ2) is 5.70. The van der Waals surface area contributed by atoms with Gasteiger partial charge in [-0.1, -0.05) is 30.3 Å². The summed E-state index contributed by atoms with van der Waals surface area (Å²) in [5.41, 5.74) is 0.843. The Bertz CT molecular complexity index is 464. The van der Waals surface area contributed by atoms with Gasteiger partial charge in [-0.15, -0.1) is 0 Å². The van der Waals surface area contributed by atoms with Gasteiger partial charge in [-0.3, -0.25) is 4.90 Å². The van der Waals surface area contributed by atoms with Crippen molar-refractivity contribution in [3.05, 3.63) is 35.9 Å². The van der Waals surface area contributed by atoms with Crippen LogP contribution in [-0.4, -0.2) is 48.0 Å². The lowest BCUT2D eigenvalue weighted by Crippen LogP contribution is -2.40. The van der Waals surface area contributed by atoms with E-state index in [1.807, 2.05) is 6.07 Å². The number of hydrogen-bond donors (Lipinski definition) is 2. The van der Waals surface area contributed by atoms with Gasteiger partial charge in [0.05, 0.1) is 12.6 Å². The third-order valence-electron chi connectivity index (χ3n) is 3.33. The molecule has 110 valence electrons. The van der Waals surface area contributed by atoms with E-state index in [0.717, 1.165) is 5.56 Å². The topological polar surface area (TPSA) is 52.6 Å². The number of benzene rings is 1. The van der Waals surface area contributed by atoms with Crippen LogP contribution in [0.5, 0.6) is 0 Å². The van der Waals surface area contributed by atoms with Gasteiger partial charge in [-0.05, 0) is 5.56 Å². The number of alkyl halides is 3. The smallest absolute Gasteiger partial charge is 0.404 e. The number of carbonyl (C=O) groups is 1. The van der Waals surface area contributed by atoms with E-state index >= 15 is 0 Å². The molecule has 1 fully saturated rings. The number of rotatable bonds is 3. The Hall–Kier alpha value is -1.76. The summed E-state index contributed by atoms with van der Waals surface area (Å²) < 4.78 is 37.3. The van der Waals surface area contributed by atoms with Crippen LogP contribution in [0.3, 0.4) is 0 Å². The van der Waals surface area contributed by atoms with Crippen molar-refractivity contribution in [1.29, 1.82) is 0 Å². The molecule has 7 heteroatoms. The number of carboxylic acid groups (broad SMARTS) is 1. The van der Waals surface area contributed by atoms with E-state index in [9.17, 15) is 18.0 Å². The van der Waals surface area contributed by atoms with Crippen molar-refractivity contribution in [3.63, 3.8) is 0 Å². The molecule has 1 aliphatic heterocycles. The maximum absolute atomic E-state index is 12.4. The van der Waals surface area contributed by atoms with Crippen LogP contribution in [-0.2, 0) is 0 Å². The molecule has 1 aliphatic rings. The van der Waals surface area contributed by atoms with Crippen LogP contribution in [0.1, 0.15) is 11.5 Å². The molecular formula is C13H15F3N2O2. The van der Waals surface area contributed by atoms with Gasteiger partial charge in [0.1, 0.15) is 0 Å². The number of amides is 1. The maximum Gasteiger partial charge on any atom is 0.404 e. The van der Waals surface area contributed by atoms with Crippen LogP contribution in [0.4, 0.5) is 18.0 Å². The summed E-state index contributed by atoms with van der Waals surface area (Å²) in [5.74, 6) is -0.269. The molecule has 1 saturated heterocycles. The van der Waals surface area contributed by atoms with Crippen LogP contribution in [0.2, 0.25) is 0 Å². The normalized spacial score (nSPS) is 23.8. The monoisotopic (exact) mass is 288 g/mol. The first-order valence-electron chi connectivity index (χ1n) is 6.18. The maximum atomic E-state index is 12.4. The molecule has 0 spiro atoms. The van der Waals surface area contributed by atoms with E-state index in [2.05, 4.69) is 5.32 Å². The lowest BCUT2D eigenvalue weighted by molar-refractivity contribution is -0.143. The first-order chi connectivity index (χ1) is 9.35. The SMILES string of the molecule is O=C(O)N[C@@H]1CN(CC(F)(F)F)C[C@H]1c1ccccc1. The van der Waals surface area contributed by atoms with Crippen molar-refractivity contribution in [1.82, 2.24) is 10.2 Å². The van der Waals surface area contributed by atoms with Gasteiger partial charge in [0.25, 0.3) is 0 Å². The zero-order chi connectivity index (χ0) is 14.8. The van der Waals surface area contributed by atoms with E-state index in [1.165, 1.54) is 4.90 Å². The molecule has 2 rings (SSSR count). The molecule has 1 aromatic carbocycles. The fourth-order valence-electron chi connectivity index (χ4n) is 2.61. The first kappa shape index (κ1) is 14.6. The minimum absolute atomic E-state index is 0.0609. The van der Waals surface area contributed by atoms with Gasteiger partial charge in [0, 0.05) is 19.0 Å². The van der Waals surface area contributed by atoms with Gasteiger partial charge in [-0.25, -0.2) is 4.79 Å². The third kappa shape index (κ3) is 3.86. The van der Waals surface area contributed by atoms with E-state index in [0.29, 0.717) is 0 Å². The van der Waals surface area contributed by atoms with Gasteiger partial charge in [0.15, 0.2) is 0 Å². The highest BCUT2D eigenvalue weighted by molar-refractivity contribution is 5.65. The number of halogens is 3. The minimum atomic E-state index is -4.28. The fourth-order valence-corrected chi connectivity index (χ4v) is 2.61. The Morgan fingerprint density at radius 1 is 1.30 bits per heavy atom. The van der Waals surface area contributed by atoms with Crippen molar-refractivity contribution in [2.45, 2.75) is 18.1 Å². The Labute approximate surface area is 114 Å². The highest BCUT2D eigenvalue weighted by Crippen LogP contribution is 2.29. The highest BCUT2D eigenvalue weighted by Gasteiger charge is 2.40. The van der Waals surface area contributed by atoms with Crippen molar-refractivity contribution >= 4 is 6.09 Å². The standard InChI is InChI=1S/C13H15F3N2O2/c14-13(15,16)8-18-6-10(9-4-2-1-3-5-9)11(7-18)17-12(19)20/h1-5,10-11,17H,6-8H2,(H,19,20)/t10-,11+/m0/s1. The highest BCUT2D eigenvalue weighted by atomic mass is 19.4. The summed E-state index contributed by atoms with van der Waals surface area (Å²) in [4.78, 5) is 12.0. The largest absolute Gasteiger partial charge is 0.465 e. The lowest BCUT2D eigenvalue weighted by atomic mass is 9.94. The summed E-state index contributed by atoms with van der Waals surface area (Å²) >= 11 is 0. The number of hydrogen-bond acceptors (Lipinski definition) is 2. The Kier molecular flexibility index (Phi) is 4.17. The van der Waals surface area contributed by atoms with Crippen molar-refractivity contribution in [2.24, 2.45) is 0 Å². The first-order valence-corrected chi connectivity index (χ1v) is 6.18. The molecule has 1 heterocycles. The summed E-state index contributed by atoms with van der Waals surface area (Å²) in [6, 6.07) is 8.47.